The number of aromatic nitrogens is 1. The minimum atomic E-state index is -1.10. The van der Waals surface area contributed by atoms with Gasteiger partial charge in [0.25, 0.3) is 0 Å². The van der Waals surface area contributed by atoms with Crippen LogP contribution in [-0.4, -0.2) is 10.1 Å². The Hall–Kier alpha value is -2.16. The van der Waals surface area contributed by atoms with E-state index in [0.717, 1.165) is 16.7 Å². The number of hydrogen-bond donors (Lipinski definition) is 1. The monoisotopic (exact) mass is 309 g/mol. The van der Waals surface area contributed by atoms with Gasteiger partial charge in [0, 0.05) is 23.8 Å². The summed E-state index contributed by atoms with van der Waals surface area (Å²) in [5.41, 5.74) is 1.60. The molecule has 1 N–H and O–H groups in total. The van der Waals surface area contributed by atoms with Gasteiger partial charge in [0.1, 0.15) is 5.60 Å². The number of nitrogens with zero attached hydrogens (tertiary/aromatic N) is 1. The Balaban J connectivity index is 2.05. The highest BCUT2D eigenvalue weighted by Crippen LogP contribution is 2.33. The smallest absolute Gasteiger partial charge is 0.119 e. The first kappa shape index (κ1) is 14.8. The largest absolute Gasteiger partial charge is 0.380 e. The molecule has 1 aromatic heterocycles. The number of benzene rings is 2. The molecule has 3 aromatic rings. The van der Waals surface area contributed by atoms with E-state index in [1.807, 2.05) is 66.7 Å². The predicted molar refractivity (Wildman–Crippen MR) is 88.8 cm³/mol. The zero-order chi connectivity index (χ0) is 15.4. The minimum absolute atomic E-state index is 0.470. The summed E-state index contributed by atoms with van der Waals surface area (Å²) in [6.45, 7) is 0. The second-order valence-electron chi connectivity index (χ2n) is 5.27. The van der Waals surface area contributed by atoms with Crippen molar-refractivity contribution in [3.63, 3.8) is 0 Å². The lowest BCUT2D eigenvalue weighted by molar-refractivity contribution is 0.0810. The molecule has 0 aliphatic carbocycles. The van der Waals surface area contributed by atoms with Crippen molar-refractivity contribution < 1.29 is 5.11 Å². The second-order valence-corrected chi connectivity index (χ2v) is 5.70. The average molecular weight is 310 g/mol. The van der Waals surface area contributed by atoms with Gasteiger partial charge in [0.2, 0.25) is 0 Å². The van der Waals surface area contributed by atoms with Gasteiger partial charge >= 0.3 is 0 Å². The minimum Gasteiger partial charge on any atom is -0.380 e. The van der Waals surface area contributed by atoms with Crippen LogP contribution in [0.25, 0.3) is 0 Å². The van der Waals surface area contributed by atoms with Crippen molar-refractivity contribution >= 4 is 11.6 Å². The van der Waals surface area contributed by atoms with Crippen molar-refractivity contribution in [1.82, 2.24) is 4.98 Å². The van der Waals surface area contributed by atoms with Crippen molar-refractivity contribution in [1.29, 1.82) is 0 Å². The van der Waals surface area contributed by atoms with Crippen LogP contribution in [0.2, 0.25) is 5.02 Å². The summed E-state index contributed by atoms with van der Waals surface area (Å²) < 4.78 is 0. The molecule has 3 rings (SSSR count). The molecule has 3 heteroatoms. The van der Waals surface area contributed by atoms with Crippen LogP contribution in [0.1, 0.15) is 16.7 Å². The van der Waals surface area contributed by atoms with Gasteiger partial charge in [-0.3, -0.25) is 4.98 Å². The zero-order valence-electron chi connectivity index (χ0n) is 12.0. The van der Waals surface area contributed by atoms with E-state index in [1.165, 1.54) is 0 Å². The van der Waals surface area contributed by atoms with Crippen LogP contribution in [0, 0.1) is 0 Å². The first-order chi connectivity index (χ1) is 10.7. The fourth-order valence-corrected chi connectivity index (χ4v) is 2.74. The van der Waals surface area contributed by atoms with E-state index in [9.17, 15) is 5.11 Å². The Labute approximate surface area is 135 Å². The maximum Gasteiger partial charge on any atom is 0.119 e. The third-order valence-corrected chi connectivity index (χ3v) is 4.03. The molecule has 22 heavy (non-hydrogen) atoms. The summed E-state index contributed by atoms with van der Waals surface area (Å²) in [7, 11) is 0. The van der Waals surface area contributed by atoms with Crippen LogP contribution in [-0.2, 0) is 12.0 Å². The number of halogens is 1. The molecule has 0 radical (unpaired) electrons. The van der Waals surface area contributed by atoms with Crippen LogP contribution in [0.4, 0.5) is 0 Å². The highest BCUT2D eigenvalue weighted by molar-refractivity contribution is 6.30. The van der Waals surface area contributed by atoms with Gasteiger partial charge in [-0.15, -0.1) is 0 Å². The molecule has 0 spiro atoms. The van der Waals surface area contributed by atoms with Gasteiger partial charge in [-0.25, -0.2) is 0 Å². The fraction of sp³-hybridized carbons (Fsp3) is 0.105. The van der Waals surface area contributed by atoms with Gasteiger partial charge in [0.15, 0.2) is 0 Å². The fourth-order valence-electron chi connectivity index (χ4n) is 2.61. The zero-order valence-corrected chi connectivity index (χ0v) is 12.7. The van der Waals surface area contributed by atoms with E-state index in [4.69, 9.17) is 11.6 Å². The highest BCUT2D eigenvalue weighted by atomic mass is 35.5. The van der Waals surface area contributed by atoms with E-state index >= 15 is 0 Å². The number of rotatable bonds is 4. The summed E-state index contributed by atoms with van der Waals surface area (Å²) in [5, 5.41) is 12.1. The molecule has 0 saturated heterocycles. The van der Waals surface area contributed by atoms with Crippen molar-refractivity contribution in [2.45, 2.75) is 12.0 Å². The van der Waals surface area contributed by atoms with Crippen LogP contribution in [0.5, 0.6) is 0 Å². The quantitative estimate of drug-likeness (QED) is 0.783. The maximum atomic E-state index is 11.4. The molecule has 2 aromatic carbocycles. The van der Waals surface area contributed by atoms with Gasteiger partial charge in [-0.05, 0) is 41.0 Å². The summed E-state index contributed by atoms with van der Waals surface area (Å²) >= 11 is 5.95. The van der Waals surface area contributed by atoms with Crippen molar-refractivity contribution in [2.24, 2.45) is 0 Å². The molecule has 0 aliphatic rings. The Morgan fingerprint density at radius 1 is 0.818 bits per heavy atom. The van der Waals surface area contributed by atoms with Crippen molar-refractivity contribution in [2.75, 3.05) is 0 Å². The molecule has 110 valence electrons. The van der Waals surface area contributed by atoms with E-state index in [1.54, 1.807) is 12.4 Å². The number of aliphatic hydroxyl groups is 1. The summed E-state index contributed by atoms with van der Waals surface area (Å²) in [6, 6.07) is 21.0. The van der Waals surface area contributed by atoms with Crippen LogP contribution >= 0.6 is 11.6 Å². The molecular weight excluding hydrogens is 294 g/mol. The van der Waals surface area contributed by atoms with E-state index in [-0.39, 0.29) is 0 Å². The lowest BCUT2D eigenvalue weighted by atomic mass is 9.82. The molecular formula is C19H16ClNO. The van der Waals surface area contributed by atoms with Gasteiger partial charge < -0.3 is 5.11 Å². The molecule has 0 fully saturated rings. The van der Waals surface area contributed by atoms with E-state index in [2.05, 4.69) is 4.98 Å². The lowest BCUT2D eigenvalue weighted by Gasteiger charge is -2.29. The van der Waals surface area contributed by atoms with Gasteiger partial charge in [0.05, 0.1) is 0 Å². The number of pyridine rings is 1. The Bertz CT molecular complexity index is 687. The average Bonchev–Trinajstić information content (AvgIpc) is 2.58. The van der Waals surface area contributed by atoms with Crippen molar-refractivity contribution in [3.05, 3.63) is 101 Å². The third-order valence-electron chi connectivity index (χ3n) is 3.78. The standard InChI is InChI=1S/C19H16ClNO/c20-18-8-6-15(7-9-18)14-19(22,16-4-2-1-3-5-16)17-10-12-21-13-11-17/h1-13,22H,14H2/t19-/m0/s1. The molecule has 1 atom stereocenters. The van der Waals surface area contributed by atoms with Gasteiger partial charge in [-0.2, -0.15) is 0 Å². The Morgan fingerprint density at radius 3 is 2.05 bits per heavy atom. The SMILES string of the molecule is O[C@@](Cc1ccc(Cl)cc1)(c1ccccc1)c1ccncc1. The second kappa shape index (κ2) is 6.30. The molecule has 0 saturated carbocycles. The molecule has 0 amide bonds. The normalized spacial score (nSPS) is 13.5. The molecule has 2 nitrogen and oxygen atoms in total. The van der Waals surface area contributed by atoms with Crippen LogP contribution in [0.15, 0.2) is 79.1 Å². The van der Waals surface area contributed by atoms with Crippen LogP contribution < -0.4 is 0 Å². The first-order valence-corrected chi connectivity index (χ1v) is 7.49. The Kier molecular flexibility index (Phi) is 4.23. The first-order valence-electron chi connectivity index (χ1n) is 7.11. The lowest BCUT2D eigenvalue weighted by Crippen LogP contribution is -2.30. The molecule has 0 bridgehead atoms. The third kappa shape index (κ3) is 3.03. The Morgan fingerprint density at radius 2 is 1.41 bits per heavy atom. The van der Waals surface area contributed by atoms with Crippen LogP contribution in [0.3, 0.4) is 0 Å². The highest BCUT2D eigenvalue weighted by Gasteiger charge is 2.31. The van der Waals surface area contributed by atoms with E-state index in [0.29, 0.717) is 11.4 Å². The van der Waals surface area contributed by atoms with Gasteiger partial charge in [-0.1, -0.05) is 54.1 Å². The summed E-state index contributed by atoms with van der Waals surface area (Å²) in [4.78, 5) is 4.04. The maximum absolute atomic E-state index is 11.4. The summed E-state index contributed by atoms with van der Waals surface area (Å²) in [6.07, 6.45) is 3.87. The molecule has 1 heterocycles. The predicted octanol–water partition coefficient (Wildman–Crippen LogP) is 4.21. The molecule has 0 unspecified atom stereocenters. The van der Waals surface area contributed by atoms with Crippen molar-refractivity contribution in [3.8, 4) is 0 Å². The topological polar surface area (TPSA) is 33.1 Å². The molecule has 0 aliphatic heterocycles. The summed E-state index contributed by atoms with van der Waals surface area (Å²) in [5.74, 6) is 0. The number of hydrogen-bond acceptors (Lipinski definition) is 2. The van der Waals surface area contributed by atoms with E-state index < -0.39 is 5.60 Å².